The number of nitrogens with zero attached hydrogens (tertiary/aromatic N) is 1. The Morgan fingerprint density at radius 1 is 1.14 bits per heavy atom. The second kappa shape index (κ2) is 10.3. The largest absolute Gasteiger partial charge is 0.573 e. The number of thiocarbonyl (C=S) groups is 1. The third kappa shape index (κ3) is 8.06. The quantitative estimate of drug-likeness (QED) is 0.470. The van der Waals surface area contributed by atoms with Crippen LogP contribution in [0.15, 0.2) is 54.6 Å². The summed E-state index contributed by atoms with van der Waals surface area (Å²) in [6.45, 7) is -0.146. The van der Waals surface area contributed by atoms with Crippen LogP contribution in [0.5, 0.6) is 5.75 Å². The molecular weight excluding hydrogens is 405 g/mol. The second-order valence-corrected chi connectivity index (χ2v) is 6.20. The summed E-state index contributed by atoms with van der Waals surface area (Å²) in [6.07, 6.45) is -4.45. The molecule has 0 fully saturated rings. The fourth-order valence-corrected chi connectivity index (χ4v) is 2.63. The monoisotopic (exact) mass is 422 g/mol. The number of carbonyl (C=O) groups excluding carboxylic acids is 1. The summed E-state index contributed by atoms with van der Waals surface area (Å²) in [6, 6.07) is 15.3. The number of hydrogen-bond acceptors (Lipinski definition) is 4. The van der Waals surface area contributed by atoms with Crippen molar-refractivity contribution in [2.24, 2.45) is 0 Å². The van der Waals surface area contributed by atoms with Gasteiger partial charge in [0.2, 0.25) is 5.91 Å². The maximum Gasteiger partial charge on any atom is 0.573 e. The zero-order valence-corrected chi connectivity index (χ0v) is 15.8. The number of rotatable bonds is 7. The Balaban J connectivity index is 2.01. The summed E-state index contributed by atoms with van der Waals surface area (Å²) in [7, 11) is 0. The highest BCUT2D eigenvalue weighted by molar-refractivity contribution is 7.80. The van der Waals surface area contributed by atoms with Crippen LogP contribution in [0.3, 0.4) is 0 Å². The lowest BCUT2D eigenvalue weighted by molar-refractivity contribution is -0.274. The highest BCUT2D eigenvalue weighted by Crippen LogP contribution is 2.23. The number of nitriles is 1. The number of benzene rings is 2. The van der Waals surface area contributed by atoms with Crippen LogP contribution in [-0.4, -0.2) is 30.0 Å². The van der Waals surface area contributed by atoms with Crippen LogP contribution < -0.4 is 20.7 Å². The van der Waals surface area contributed by atoms with Gasteiger partial charge in [-0.25, -0.2) is 0 Å². The van der Waals surface area contributed by atoms with Gasteiger partial charge < -0.3 is 20.7 Å². The van der Waals surface area contributed by atoms with Crippen molar-refractivity contribution in [1.82, 2.24) is 10.6 Å². The van der Waals surface area contributed by atoms with Crippen LogP contribution in [-0.2, 0) is 11.2 Å². The molecule has 10 heteroatoms. The molecule has 0 heterocycles. The Morgan fingerprint density at radius 2 is 1.79 bits per heavy atom. The Morgan fingerprint density at radius 3 is 2.38 bits per heavy atom. The second-order valence-electron chi connectivity index (χ2n) is 5.79. The Kier molecular flexibility index (Phi) is 7.79. The van der Waals surface area contributed by atoms with Crippen LogP contribution in [0.2, 0.25) is 0 Å². The maximum absolute atomic E-state index is 12.3. The van der Waals surface area contributed by atoms with Gasteiger partial charge in [-0.2, -0.15) is 5.26 Å². The SMILES string of the molecule is N#CCNC(=O)C(Cc1ccccc1)NC(=S)Nc1ccc(OC(F)(F)F)cc1. The summed E-state index contributed by atoms with van der Waals surface area (Å²) >= 11 is 5.20. The van der Waals surface area contributed by atoms with E-state index >= 15 is 0 Å². The molecule has 2 aromatic rings. The van der Waals surface area contributed by atoms with Crippen molar-refractivity contribution in [2.75, 3.05) is 11.9 Å². The molecule has 0 bridgehead atoms. The molecule has 2 rings (SSSR count). The molecule has 29 heavy (non-hydrogen) atoms. The minimum Gasteiger partial charge on any atom is -0.406 e. The number of anilines is 1. The van der Waals surface area contributed by atoms with E-state index in [4.69, 9.17) is 17.5 Å². The summed E-state index contributed by atoms with van der Waals surface area (Å²) in [5, 5.41) is 16.9. The third-order valence-corrected chi connectivity index (χ3v) is 3.81. The molecule has 3 N–H and O–H groups in total. The van der Waals surface area contributed by atoms with Gasteiger partial charge in [0, 0.05) is 12.1 Å². The Labute approximate surface area is 170 Å². The summed E-state index contributed by atoms with van der Waals surface area (Å²) < 4.78 is 40.4. The number of halogens is 3. The van der Waals surface area contributed by atoms with Crippen molar-refractivity contribution in [3.05, 3.63) is 60.2 Å². The van der Waals surface area contributed by atoms with Gasteiger partial charge in [0.25, 0.3) is 0 Å². The van der Waals surface area contributed by atoms with Gasteiger partial charge in [0.1, 0.15) is 18.3 Å². The van der Waals surface area contributed by atoms with Gasteiger partial charge in [-0.15, -0.1) is 13.2 Å². The zero-order chi connectivity index (χ0) is 21.3. The highest BCUT2D eigenvalue weighted by Gasteiger charge is 2.31. The van der Waals surface area contributed by atoms with Gasteiger partial charge in [0.05, 0.1) is 6.07 Å². The van der Waals surface area contributed by atoms with Gasteiger partial charge >= 0.3 is 6.36 Å². The lowest BCUT2D eigenvalue weighted by Gasteiger charge is -2.20. The molecule has 2 aromatic carbocycles. The first-order chi connectivity index (χ1) is 13.8. The predicted octanol–water partition coefficient (Wildman–Crippen LogP) is 3.12. The van der Waals surface area contributed by atoms with E-state index in [1.54, 1.807) is 0 Å². The Bertz CT molecular complexity index is 868. The summed E-state index contributed by atoms with van der Waals surface area (Å²) in [5.74, 6) is -0.770. The van der Waals surface area contributed by atoms with E-state index < -0.39 is 18.3 Å². The molecule has 0 saturated carbocycles. The van der Waals surface area contributed by atoms with E-state index in [-0.39, 0.29) is 17.4 Å². The summed E-state index contributed by atoms with van der Waals surface area (Å²) in [5.41, 5.74) is 1.29. The average Bonchev–Trinajstić information content (AvgIpc) is 2.67. The van der Waals surface area contributed by atoms with E-state index in [0.29, 0.717) is 12.1 Å². The molecule has 1 unspecified atom stereocenters. The first kappa shape index (κ1) is 22.0. The smallest absolute Gasteiger partial charge is 0.406 e. The van der Waals surface area contributed by atoms with Gasteiger partial charge in [-0.05, 0) is 42.0 Å². The topological polar surface area (TPSA) is 86.2 Å². The van der Waals surface area contributed by atoms with Crippen molar-refractivity contribution in [1.29, 1.82) is 5.26 Å². The molecule has 6 nitrogen and oxygen atoms in total. The van der Waals surface area contributed by atoms with Gasteiger partial charge in [0.15, 0.2) is 5.11 Å². The molecule has 0 saturated heterocycles. The van der Waals surface area contributed by atoms with Gasteiger partial charge in [-0.1, -0.05) is 30.3 Å². The molecule has 0 aliphatic carbocycles. The van der Waals surface area contributed by atoms with Crippen molar-refractivity contribution >= 4 is 28.9 Å². The first-order valence-electron chi connectivity index (χ1n) is 8.39. The predicted molar refractivity (Wildman–Crippen MR) is 105 cm³/mol. The number of alkyl halides is 3. The third-order valence-electron chi connectivity index (χ3n) is 3.59. The molecule has 1 atom stereocenters. The van der Waals surface area contributed by atoms with Crippen LogP contribution in [0.25, 0.3) is 0 Å². The Hall–Kier alpha value is -3.32. The molecule has 0 radical (unpaired) electrons. The fraction of sp³-hybridized carbons (Fsp3) is 0.211. The van der Waals surface area contributed by atoms with E-state index in [1.165, 1.54) is 12.1 Å². The van der Waals surface area contributed by atoms with Crippen LogP contribution in [0.4, 0.5) is 18.9 Å². The van der Waals surface area contributed by atoms with Crippen molar-refractivity contribution in [2.45, 2.75) is 18.8 Å². The van der Waals surface area contributed by atoms with E-state index in [2.05, 4.69) is 20.7 Å². The number of amides is 1. The number of nitrogens with one attached hydrogen (secondary N) is 3. The minimum atomic E-state index is -4.77. The lowest BCUT2D eigenvalue weighted by atomic mass is 10.1. The van der Waals surface area contributed by atoms with Crippen molar-refractivity contribution in [3.63, 3.8) is 0 Å². The zero-order valence-electron chi connectivity index (χ0n) is 15.0. The van der Waals surface area contributed by atoms with Crippen LogP contribution >= 0.6 is 12.2 Å². The normalized spacial score (nSPS) is 11.7. The minimum absolute atomic E-state index is 0.0996. The van der Waals surface area contributed by atoms with Crippen molar-refractivity contribution in [3.8, 4) is 11.8 Å². The van der Waals surface area contributed by atoms with Crippen molar-refractivity contribution < 1.29 is 22.7 Å². The lowest BCUT2D eigenvalue weighted by Crippen LogP contribution is -2.49. The summed E-state index contributed by atoms with van der Waals surface area (Å²) in [4.78, 5) is 12.3. The van der Waals surface area contributed by atoms with Crippen LogP contribution in [0, 0.1) is 11.3 Å². The van der Waals surface area contributed by atoms with E-state index in [1.807, 2.05) is 36.4 Å². The molecular formula is C19H17F3N4O2S. The molecule has 0 aliphatic heterocycles. The number of carbonyl (C=O) groups is 1. The number of hydrogen-bond donors (Lipinski definition) is 3. The van der Waals surface area contributed by atoms with E-state index in [9.17, 15) is 18.0 Å². The molecule has 152 valence electrons. The molecule has 1 amide bonds. The maximum atomic E-state index is 12.3. The van der Waals surface area contributed by atoms with Crippen LogP contribution in [0.1, 0.15) is 5.56 Å². The molecule has 0 spiro atoms. The van der Waals surface area contributed by atoms with E-state index in [0.717, 1.165) is 17.7 Å². The number of ether oxygens (including phenoxy) is 1. The van der Waals surface area contributed by atoms with Gasteiger partial charge in [-0.3, -0.25) is 4.79 Å². The molecule has 0 aromatic heterocycles. The first-order valence-corrected chi connectivity index (χ1v) is 8.79. The average molecular weight is 422 g/mol. The highest BCUT2D eigenvalue weighted by atomic mass is 32.1. The molecule has 0 aliphatic rings. The standard InChI is InChI=1S/C19H17F3N4O2S/c20-19(21,22)28-15-8-6-14(7-9-15)25-18(29)26-16(17(27)24-11-10-23)12-13-4-2-1-3-5-13/h1-9,16H,11-12H2,(H,24,27)(H2,25,26,29). The fourth-order valence-electron chi connectivity index (χ4n) is 2.37.